The molecule has 3 heteroatoms. The zero-order chi connectivity index (χ0) is 18.7. The molecule has 0 bridgehead atoms. The van der Waals surface area contributed by atoms with E-state index >= 15 is 0 Å². The van der Waals surface area contributed by atoms with Gasteiger partial charge in [0.2, 0.25) is 0 Å². The van der Waals surface area contributed by atoms with Crippen LogP contribution < -0.4 is 11.2 Å². The van der Waals surface area contributed by atoms with Gasteiger partial charge in [0.05, 0.1) is 0 Å². The molecule has 0 heterocycles. The summed E-state index contributed by atoms with van der Waals surface area (Å²) < 4.78 is 0. The Labute approximate surface area is 162 Å². The first-order valence-electron chi connectivity index (χ1n) is 11.1. The highest BCUT2D eigenvalue weighted by atomic mass is 15.5. The van der Waals surface area contributed by atoms with E-state index in [1.165, 1.54) is 82.6 Å². The molecule has 0 aliphatic heterocycles. The molecule has 0 aliphatic carbocycles. The van der Waals surface area contributed by atoms with Crippen molar-refractivity contribution in [2.45, 2.75) is 90.5 Å². The summed E-state index contributed by atoms with van der Waals surface area (Å²) >= 11 is 0. The summed E-state index contributed by atoms with van der Waals surface area (Å²) in [5.41, 5.74) is 10.5. The average molecular weight is 362 g/mol. The van der Waals surface area contributed by atoms with Crippen LogP contribution in [0.2, 0.25) is 0 Å². The number of nitrogens with zero attached hydrogens (tertiary/aromatic N) is 1. The third-order valence-corrected chi connectivity index (χ3v) is 4.98. The monoisotopic (exact) mass is 361 g/mol. The van der Waals surface area contributed by atoms with E-state index in [1.807, 2.05) is 0 Å². The van der Waals surface area contributed by atoms with Gasteiger partial charge in [-0.05, 0) is 12.0 Å². The third kappa shape index (κ3) is 13.3. The Balaban J connectivity index is 2.00. The second-order valence-electron chi connectivity index (χ2n) is 7.49. The van der Waals surface area contributed by atoms with Crippen LogP contribution in [0, 0.1) is 0 Å². The number of nitrogens with one attached hydrogen (secondary N) is 1. The van der Waals surface area contributed by atoms with Crippen molar-refractivity contribution in [3.05, 3.63) is 35.9 Å². The molecule has 0 aliphatic rings. The van der Waals surface area contributed by atoms with E-state index in [0.29, 0.717) is 6.54 Å². The normalized spacial score (nSPS) is 11.3. The number of hydrogen-bond acceptors (Lipinski definition) is 3. The van der Waals surface area contributed by atoms with E-state index < -0.39 is 0 Å². The quantitative estimate of drug-likeness (QED) is 0.262. The van der Waals surface area contributed by atoms with Gasteiger partial charge in [-0.1, -0.05) is 108 Å². The van der Waals surface area contributed by atoms with Crippen LogP contribution in [0.4, 0.5) is 0 Å². The van der Waals surface area contributed by atoms with E-state index in [9.17, 15) is 0 Å². The predicted molar refractivity (Wildman–Crippen MR) is 115 cm³/mol. The fourth-order valence-corrected chi connectivity index (χ4v) is 3.38. The molecule has 0 atom stereocenters. The maximum Gasteiger partial charge on any atom is 0.0381 e. The standard InChI is InChI=1S/C23H43N3/c1-2-3-4-5-6-7-8-9-10-11-12-16-21-26(25-20-19-24)22-23-17-14-13-15-18-23/h13-15,17-18,25H,2-12,16,19-22,24H2,1H3. The molecule has 0 fully saturated rings. The van der Waals surface area contributed by atoms with Crippen molar-refractivity contribution in [2.75, 3.05) is 19.6 Å². The lowest BCUT2D eigenvalue weighted by molar-refractivity contribution is 0.176. The van der Waals surface area contributed by atoms with E-state index in [1.54, 1.807) is 0 Å². The summed E-state index contributed by atoms with van der Waals surface area (Å²) in [4.78, 5) is 0. The minimum atomic E-state index is 0.684. The molecule has 150 valence electrons. The highest BCUT2D eigenvalue weighted by Crippen LogP contribution is 2.12. The van der Waals surface area contributed by atoms with Gasteiger partial charge < -0.3 is 5.73 Å². The van der Waals surface area contributed by atoms with Crippen LogP contribution in [-0.2, 0) is 6.54 Å². The lowest BCUT2D eigenvalue weighted by Gasteiger charge is -2.23. The van der Waals surface area contributed by atoms with Gasteiger partial charge in [-0.15, -0.1) is 0 Å². The van der Waals surface area contributed by atoms with E-state index in [4.69, 9.17) is 5.73 Å². The first-order valence-corrected chi connectivity index (χ1v) is 11.1. The number of hydrazine groups is 1. The molecule has 1 rings (SSSR count). The van der Waals surface area contributed by atoms with Crippen molar-refractivity contribution < 1.29 is 0 Å². The molecule has 0 amide bonds. The SMILES string of the molecule is CCCCCCCCCCCCCCN(Cc1ccccc1)NCCN. The Morgan fingerprint density at radius 3 is 1.85 bits per heavy atom. The van der Waals surface area contributed by atoms with Crippen LogP contribution in [0.3, 0.4) is 0 Å². The van der Waals surface area contributed by atoms with Gasteiger partial charge in [0.25, 0.3) is 0 Å². The van der Waals surface area contributed by atoms with Gasteiger partial charge in [0, 0.05) is 26.2 Å². The van der Waals surface area contributed by atoms with Crippen molar-refractivity contribution in [3.8, 4) is 0 Å². The number of hydrogen-bond donors (Lipinski definition) is 2. The largest absolute Gasteiger partial charge is 0.329 e. The Morgan fingerprint density at radius 1 is 0.769 bits per heavy atom. The molecule has 0 aromatic heterocycles. The molecule has 0 radical (unpaired) electrons. The molecule has 0 saturated carbocycles. The van der Waals surface area contributed by atoms with Gasteiger partial charge in [-0.2, -0.15) is 0 Å². The van der Waals surface area contributed by atoms with Gasteiger partial charge >= 0.3 is 0 Å². The number of benzene rings is 1. The van der Waals surface area contributed by atoms with Gasteiger partial charge in [0.1, 0.15) is 0 Å². The highest BCUT2D eigenvalue weighted by Gasteiger charge is 2.04. The summed E-state index contributed by atoms with van der Waals surface area (Å²) in [6, 6.07) is 10.7. The van der Waals surface area contributed by atoms with Crippen LogP contribution >= 0.6 is 0 Å². The molecule has 0 spiro atoms. The Hall–Kier alpha value is -0.900. The van der Waals surface area contributed by atoms with Crippen molar-refractivity contribution in [1.82, 2.24) is 10.4 Å². The van der Waals surface area contributed by atoms with Crippen molar-refractivity contribution >= 4 is 0 Å². The van der Waals surface area contributed by atoms with E-state index in [-0.39, 0.29) is 0 Å². The zero-order valence-corrected chi connectivity index (χ0v) is 17.2. The summed E-state index contributed by atoms with van der Waals surface area (Å²) in [6.07, 6.45) is 16.8. The smallest absolute Gasteiger partial charge is 0.0381 e. The van der Waals surface area contributed by atoms with Crippen LogP contribution in [0.25, 0.3) is 0 Å². The highest BCUT2D eigenvalue weighted by molar-refractivity contribution is 5.14. The summed E-state index contributed by atoms with van der Waals surface area (Å²) in [5, 5.41) is 2.33. The summed E-state index contributed by atoms with van der Waals surface area (Å²) in [6.45, 7) is 5.88. The van der Waals surface area contributed by atoms with Crippen molar-refractivity contribution in [3.63, 3.8) is 0 Å². The van der Waals surface area contributed by atoms with Crippen LogP contribution in [-0.4, -0.2) is 24.6 Å². The number of unbranched alkanes of at least 4 members (excludes halogenated alkanes) is 11. The Bertz CT molecular complexity index is 394. The predicted octanol–water partition coefficient (Wildman–Crippen LogP) is 5.65. The number of rotatable bonds is 18. The topological polar surface area (TPSA) is 41.3 Å². The molecule has 26 heavy (non-hydrogen) atoms. The molecular weight excluding hydrogens is 318 g/mol. The first kappa shape index (κ1) is 23.1. The van der Waals surface area contributed by atoms with Gasteiger partial charge in [-0.3, -0.25) is 5.43 Å². The molecule has 3 nitrogen and oxygen atoms in total. The van der Waals surface area contributed by atoms with Crippen LogP contribution in [0.15, 0.2) is 30.3 Å². The lowest BCUT2D eigenvalue weighted by Crippen LogP contribution is -2.40. The first-order chi connectivity index (χ1) is 12.9. The second kappa shape index (κ2) is 17.5. The van der Waals surface area contributed by atoms with E-state index in [2.05, 4.69) is 47.7 Å². The van der Waals surface area contributed by atoms with E-state index in [0.717, 1.165) is 19.6 Å². The van der Waals surface area contributed by atoms with Crippen molar-refractivity contribution in [2.24, 2.45) is 5.73 Å². The van der Waals surface area contributed by atoms with Crippen molar-refractivity contribution in [1.29, 1.82) is 0 Å². The van der Waals surface area contributed by atoms with Crippen LogP contribution in [0.1, 0.15) is 89.5 Å². The third-order valence-electron chi connectivity index (χ3n) is 4.98. The molecule has 3 N–H and O–H groups in total. The number of nitrogens with two attached hydrogens (primary N) is 1. The van der Waals surface area contributed by atoms with Gasteiger partial charge in [-0.25, -0.2) is 5.01 Å². The Kier molecular flexibility index (Phi) is 15.6. The molecule has 0 unspecified atom stereocenters. The fourth-order valence-electron chi connectivity index (χ4n) is 3.38. The lowest BCUT2D eigenvalue weighted by atomic mass is 10.1. The van der Waals surface area contributed by atoms with Crippen LogP contribution in [0.5, 0.6) is 0 Å². The zero-order valence-electron chi connectivity index (χ0n) is 17.2. The molecule has 1 aromatic carbocycles. The summed E-state index contributed by atoms with van der Waals surface area (Å²) in [5.74, 6) is 0. The maximum absolute atomic E-state index is 5.65. The summed E-state index contributed by atoms with van der Waals surface area (Å²) in [7, 11) is 0. The molecule has 1 aromatic rings. The molecule has 0 saturated heterocycles. The fraction of sp³-hybridized carbons (Fsp3) is 0.739. The minimum Gasteiger partial charge on any atom is -0.329 e. The van der Waals surface area contributed by atoms with Gasteiger partial charge in [0.15, 0.2) is 0 Å². The maximum atomic E-state index is 5.65. The second-order valence-corrected chi connectivity index (χ2v) is 7.49. The molecular formula is C23H43N3. The average Bonchev–Trinajstić information content (AvgIpc) is 2.67. The minimum absolute atomic E-state index is 0.684. The Morgan fingerprint density at radius 2 is 1.31 bits per heavy atom.